The molecule has 3 rings (SSSR count). The second-order valence-electron chi connectivity index (χ2n) is 6.18. The summed E-state index contributed by atoms with van der Waals surface area (Å²) in [6.45, 7) is 0.878. The highest BCUT2D eigenvalue weighted by molar-refractivity contribution is 6.31. The molecule has 0 aliphatic carbocycles. The second-order valence-corrected chi connectivity index (χ2v) is 6.58. The van der Waals surface area contributed by atoms with Crippen LogP contribution in [-0.2, 0) is 17.6 Å². The summed E-state index contributed by atoms with van der Waals surface area (Å²) in [4.78, 5) is 14.7. The fraction of sp³-hybridized carbons (Fsp3) is 0.350. The van der Waals surface area contributed by atoms with Crippen LogP contribution in [0.3, 0.4) is 0 Å². The molecular formula is C20H22ClNO. The number of benzene rings is 2. The predicted molar refractivity (Wildman–Crippen MR) is 94.7 cm³/mol. The molecule has 1 saturated heterocycles. The normalized spacial score (nSPS) is 17.4. The molecule has 0 bridgehead atoms. The fourth-order valence-corrected chi connectivity index (χ4v) is 3.55. The first kappa shape index (κ1) is 16.1. The van der Waals surface area contributed by atoms with E-state index in [1.807, 2.05) is 30.3 Å². The first-order valence-corrected chi connectivity index (χ1v) is 8.68. The molecule has 23 heavy (non-hydrogen) atoms. The Balaban J connectivity index is 1.60. The third-order valence-electron chi connectivity index (χ3n) is 4.61. The quantitative estimate of drug-likeness (QED) is 0.791. The third kappa shape index (κ3) is 4.14. The van der Waals surface area contributed by atoms with Crippen molar-refractivity contribution < 1.29 is 4.79 Å². The molecule has 1 amide bonds. The van der Waals surface area contributed by atoms with E-state index in [-0.39, 0.29) is 5.91 Å². The second kappa shape index (κ2) is 7.65. The molecule has 2 nitrogen and oxygen atoms in total. The molecular weight excluding hydrogens is 306 g/mol. The van der Waals surface area contributed by atoms with Gasteiger partial charge in [0.05, 0.1) is 6.42 Å². The highest BCUT2D eigenvalue weighted by Gasteiger charge is 2.28. The van der Waals surface area contributed by atoms with Gasteiger partial charge in [-0.25, -0.2) is 0 Å². The summed E-state index contributed by atoms with van der Waals surface area (Å²) < 4.78 is 0. The smallest absolute Gasteiger partial charge is 0.227 e. The Bertz CT molecular complexity index is 656. The molecule has 0 saturated carbocycles. The van der Waals surface area contributed by atoms with Crippen molar-refractivity contribution in [3.63, 3.8) is 0 Å². The van der Waals surface area contributed by atoms with Gasteiger partial charge in [0.1, 0.15) is 0 Å². The van der Waals surface area contributed by atoms with E-state index in [0.29, 0.717) is 17.5 Å². The van der Waals surface area contributed by atoms with Gasteiger partial charge in [0.15, 0.2) is 0 Å². The van der Waals surface area contributed by atoms with E-state index in [1.54, 1.807) is 0 Å². The van der Waals surface area contributed by atoms with Crippen LogP contribution < -0.4 is 0 Å². The van der Waals surface area contributed by atoms with Gasteiger partial charge in [0.25, 0.3) is 0 Å². The molecule has 0 N–H and O–H groups in total. The zero-order valence-corrected chi connectivity index (χ0v) is 14.0. The van der Waals surface area contributed by atoms with Crippen molar-refractivity contribution in [3.8, 4) is 0 Å². The van der Waals surface area contributed by atoms with Crippen molar-refractivity contribution in [2.24, 2.45) is 0 Å². The lowest BCUT2D eigenvalue weighted by atomic mass is 10.0. The van der Waals surface area contributed by atoms with Crippen LogP contribution >= 0.6 is 11.6 Å². The van der Waals surface area contributed by atoms with Crippen LogP contribution in [0.5, 0.6) is 0 Å². The Hall–Kier alpha value is -1.80. The first-order valence-electron chi connectivity index (χ1n) is 8.31. The highest BCUT2D eigenvalue weighted by Crippen LogP contribution is 2.24. The largest absolute Gasteiger partial charge is 0.339 e. The number of aryl methyl sites for hydroxylation is 1. The standard InChI is InChI=1S/C20H22ClNO/c21-19-11-5-4-9-17(19)15-20(23)22-14-6-10-18(22)13-12-16-7-2-1-3-8-16/h1-5,7-9,11,18H,6,10,12-15H2/t18-/m1/s1. The molecule has 0 radical (unpaired) electrons. The van der Waals surface area contributed by atoms with Gasteiger partial charge in [-0.1, -0.05) is 60.1 Å². The number of hydrogen-bond donors (Lipinski definition) is 0. The van der Waals surface area contributed by atoms with Gasteiger partial charge in [-0.15, -0.1) is 0 Å². The van der Waals surface area contributed by atoms with Gasteiger partial charge in [-0.2, -0.15) is 0 Å². The molecule has 2 aromatic carbocycles. The number of halogens is 1. The van der Waals surface area contributed by atoms with Gasteiger partial charge in [0.2, 0.25) is 5.91 Å². The SMILES string of the molecule is O=C(Cc1ccccc1Cl)N1CCC[C@@H]1CCc1ccccc1. The van der Waals surface area contributed by atoms with Gasteiger partial charge >= 0.3 is 0 Å². The number of carbonyl (C=O) groups is 1. The zero-order chi connectivity index (χ0) is 16.1. The van der Waals surface area contributed by atoms with Crippen LogP contribution in [0.25, 0.3) is 0 Å². The van der Waals surface area contributed by atoms with E-state index in [4.69, 9.17) is 11.6 Å². The Morgan fingerprint density at radius 1 is 1.09 bits per heavy atom. The Labute approximate surface area is 143 Å². The average Bonchev–Trinajstić information content (AvgIpc) is 3.05. The molecule has 0 spiro atoms. The fourth-order valence-electron chi connectivity index (χ4n) is 3.35. The minimum atomic E-state index is 0.202. The molecule has 2 aromatic rings. The summed E-state index contributed by atoms with van der Waals surface area (Å²) in [6, 6.07) is 18.5. The minimum absolute atomic E-state index is 0.202. The topological polar surface area (TPSA) is 20.3 Å². The van der Waals surface area contributed by atoms with Crippen molar-refractivity contribution in [2.45, 2.75) is 38.1 Å². The van der Waals surface area contributed by atoms with Crippen molar-refractivity contribution in [1.82, 2.24) is 4.90 Å². The number of carbonyl (C=O) groups excluding carboxylic acids is 1. The number of hydrogen-bond acceptors (Lipinski definition) is 1. The van der Waals surface area contributed by atoms with E-state index in [1.165, 1.54) is 5.56 Å². The molecule has 1 aliphatic rings. The maximum absolute atomic E-state index is 12.7. The van der Waals surface area contributed by atoms with Crippen LogP contribution in [0, 0.1) is 0 Å². The Morgan fingerprint density at radius 3 is 2.61 bits per heavy atom. The van der Waals surface area contributed by atoms with Crippen LogP contribution in [-0.4, -0.2) is 23.4 Å². The van der Waals surface area contributed by atoms with E-state index < -0.39 is 0 Å². The number of nitrogens with zero attached hydrogens (tertiary/aromatic N) is 1. The highest BCUT2D eigenvalue weighted by atomic mass is 35.5. The van der Waals surface area contributed by atoms with Gasteiger partial charge in [-0.3, -0.25) is 4.79 Å². The summed E-state index contributed by atoms with van der Waals surface area (Å²) in [5, 5.41) is 0.681. The summed E-state index contributed by atoms with van der Waals surface area (Å²) >= 11 is 6.18. The summed E-state index contributed by atoms with van der Waals surface area (Å²) in [5.74, 6) is 0.202. The lowest BCUT2D eigenvalue weighted by Crippen LogP contribution is -2.36. The van der Waals surface area contributed by atoms with E-state index in [9.17, 15) is 4.79 Å². The molecule has 0 unspecified atom stereocenters. The van der Waals surface area contributed by atoms with Crippen molar-refractivity contribution in [2.75, 3.05) is 6.54 Å². The Morgan fingerprint density at radius 2 is 1.83 bits per heavy atom. The summed E-state index contributed by atoms with van der Waals surface area (Å²) in [5.41, 5.74) is 2.27. The van der Waals surface area contributed by atoms with Crippen LogP contribution in [0.1, 0.15) is 30.4 Å². The summed E-state index contributed by atoms with van der Waals surface area (Å²) in [6.07, 6.45) is 4.69. The molecule has 120 valence electrons. The van der Waals surface area contributed by atoms with Gasteiger partial charge in [0, 0.05) is 17.6 Å². The minimum Gasteiger partial charge on any atom is -0.339 e. The maximum Gasteiger partial charge on any atom is 0.227 e. The van der Waals surface area contributed by atoms with Crippen molar-refractivity contribution in [1.29, 1.82) is 0 Å². The molecule has 3 heteroatoms. The van der Waals surface area contributed by atoms with Crippen molar-refractivity contribution in [3.05, 3.63) is 70.7 Å². The summed E-state index contributed by atoms with van der Waals surface area (Å²) in [7, 11) is 0. The lowest BCUT2D eigenvalue weighted by molar-refractivity contribution is -0.131. The van der Waals surface area contributed by atoms with Gasteiger partial charge < -0.3 is 4.90 Å². The molecule has 1 aliphatic heterocycles. The first-order chi connectivity index (χ1) is 11.2. The van der Waals surface area contributed by atoms with E-state index >= 15 is 0 Å². The monoisotopic (exact) mass is 327 g/mol. The van der Waals surface area contributed by atoms with Crippen LogP contribution in [0.2, 0.25) is 5.02 Å². The number of rotatable bonds is 5. The van der Waals surface area contributed by atoms with Crippen molar-refractivity contribution >= 4 is 17.5 Å². The zero-order valence-electron chi connectivity index (χ0n) is 13.2. The molecule has 0 aromatic heterocycles. The molecule has 1 heterocycles. The van der Waals surface area contributed by atoms with Crippen LogP contribution in [0.15, 0.2) is 54.6 Å². The molecule has 1 atom stereocenters. The maximum atomic E-state index is 12.7. The lowest BCUT2D eigenvalue weighted by Gasteiger charge is -2.25. The molecule has 1 fully saturated rings. The predicted octanol–water partition coefficient (Wildman–Crippen LogP) is 4.51. The third-order valence-corrected chi connectivity index (χ3v) is 4.97. The number of likely N-dealkylation sites (tertiary alicyclic amines) is 1. The number of amides is 1. The Kier molecular flexibility index (Phi) is 5.35. The van der Waals surface area contributed by atoms with Gasteiger partial charge in [-0.05, 0) is 42.9 Å². The van der Waals surface area contributed by atoms with Crippen LogP contribution in [0.4, 0.5) is 0 Å². The average molecular weight is 328 g/mol. The van der Waals surface area contributed by atoms with E-state index in [2.05, 4.69) is 29.2 Å². The van der Waals surface area contributed by atoms with E-state index in [0.717, 1.165) is 37.8 Å².